The van der Waals surface area contributed by atoms with Crippen molar-refractivity contribution in [3.63, 3.8) is 0 Å². The van der Waals surface area contributed by atoms with Crippen molar-refractivity contribution in [2.45, 2.75) is 12.8 Å². The molecule has 1 aromatic carbocycles. The molecule has 2 rings (SSSR count). The van der Waals surface area contributed by atoms with Crippen molar-refractivity contribution in [1.29, 1.82) is 0 Å². The SMILES string of the molecule is OCc1ncsc1-c1ccccc1C(F)(F)F. The number of aromatic nitrogens is 1. The highest BCUT2D eigenvalue weighted by Crippen LogP contribution is 2.39. The van der Waals surface area contributed by atoms with Gasteiger partial charge in [0.05, 0.1) is 28.3 Å². The van der Waals surface area contributed by atoms with E-state index in [-0.39, 0.29) is 17.9 Å². The van der Waals surface area contributed by atoms with E-state index in [0.717, 1.165) is 17.4 Å². The van der Waals surface area contributed by atoms with Crippen molar-refractivity contribution < 1.29 is 18.3 Å². The Bertz CT molecular complexity index is 521. The van der Waals surface area contributed by atoms with Gasteiger partial charge in [-0.25, -0.2) is 4.98 Å². The van der Waals surface area contributed by atoms with E-state index in [1.807, 2.05) is 0 Å². The van der Waals surface area contributed by atoms with Crippen LogP contribution in [0.4, 0.5) is 13.2 Å². The van der Waals surface area contributed by atoms with Gasteiger partial charge in [0.1, 0.15) is 0 Å². The lowest BCUT2D eigenvalue weighted by Crippen LogP contribution is -2.07. The van der Waals surface area contributed by atoms with E-state index in [9.17, 15) is 13.2 Å². The molecule has 17 heavy (non-hydrogen) atoms. The molecule has 0 bridgehead atoms. The Morgan fingerprint density at radius 3 is 2.59 bits per heavy atom. The minimum Gasteiger partial charge on any atom is -0.390 e. The van der Waals surface area contributed by atoms with Crippen LogP contribution >= 0.6 is 11.3 Å². The molecule has 0 atom stereocenters. The van der Waals surface area contributed by atoms with E-state index in [1.54, 1.807) is 0 Å². The third-order valence-corrected chi connectivity index (χ3v) is 3.17. The summed E-state index contributed by atoms with van der Waals surface area (Å²) in [5.41, 5.74) is 1.05. The van der Waals surface area contributed by atoms with Gasteiger partial charge in [-0.2, -0.15) is 13.2 Å². The average molecular weight is 259 g/mol. The molecule has 0 saturated carbocycles. The highest BCUT2D eigenvalue weighted by atomic mass is 32.1. The summed E-state index contributed by atoms with van der Waals surface area (Å²) in [6.45, 7) is -0.370. The van der Waals surface area contributed by atoms with E-state index in [1.165, 1.54) is 23.7 Å². The van der Waals surface area contributed by atoms with Crippen LogP contribution in [0.1, 0.15) is 11.3 Å². The first-order chi connectivity index (χ1) is 8.04. The fourth-order valence-corrected chi connectivity index (χ4v) is 2.37. The fourth-order valence-electron chi connectivity index (χ4n) is 1.53. The predicted octanol–water partition coefficient (Wildman–Crippen LogP) is 3.32. The van der Waals surface area contributed by atoms with Gasteiger partial charge in [-0.05, 0) is 6.07 Å². The lowest BCUT2D eigenvalue weighted by atomic mass is 10.0. The zero-order chi connectivity index (χ0) is 12.5. The minimum atomic E-state index is -4.41. The van der Waals surface area contributed by atoms with Crippen molar-refractivity contribution in [2.75, 3.05) is 0 Å². The molecule has 0 aliphatic heterocycles. The number of hydrogen-bond donors (Lipinski definition) is 1. The van der Waals surface area contributed by atoms with Crippen LogP contribution in [0.25, 0.3) is 10.4 Å². The van der Waals surface area contributed by atoms with Crippen LogP contribution in [0.5, 0.6) is 0 Å². The molecule has 2 aromatic rings. The molecule has 1 N–H and O–H groups in total. The second-order valence-electron chi connectivity index (χ2n) is 3.33. The molecule has 0 fully saturated rings. The molecule has 0 unspecified atom stereocenters. The number of aliphatic hydroxyl groups excluding tert-OH is 1. The molecule has 90 valence electrons. The van der Waals surface area contributed by atoms with Crippen LogP contribution in [0.3, 0.4) is 0 Å². The van der Waals surface area contributed by atoms with Gasteiger partial charge in [-0.3, -0.25) is 0 Å². The molecule has 2 nitrogen and oxygen atoms in total. The largest absolute Gasteiger partial charge is 0.417 e. The lowest BCUT2D eigenvalue weighted by Gasteiger charge is -2.11. The van der Waals surface area contributed by atoms with Gasteiger partial charge in [0, 0.05) is 5.56 Å². The summed E-state index contributed by atoms with van der Waals surface area (Å²) in [4.78, 5) is 4.20. The van der Waals surface area contributed by atoms with Crippen LogP contribution < -0.4 is 0 Å². The quantitative estimate of drug-likeness (QED) is 0.897. The second-order valence-corrected chi connectivity index (χ2v) is 4.18. The third-order valence-electron chi connectivity index (χ3n) is 2.27. The first kappa shape index (κ1) is 12.1. The normalized spacial score (nSPS) is 11.8. The Morgan fingerprint density at radius 1 is 1.24 bits per heavy atom. The Morgan fingerprint density at radius 2 is 1.94 bits per heavy atom. The van der Waals surface area contributed by atoms with Gasteiger partial charge in [0.15, 0.2) is 0 Å². The predicted molar refractivity (Wildman–Crippen MR) is 58.5 cm³/mol. The summed E-state index contributed by atoms with van der Waals surface area (Å²) >= 11 is 1.09. The standard InChI is InChI=1S/C11H8F3NOS/c12-11(13,14)8-4-2-1-3-7(8)10-9(5-16)15-6-17-10/h1-4,6,16H,5H2. The van der Waals surface area contributed by atoms with Crippen molar-refractivity contribution in [2.24, 2.45) is 0 Å². The van der Waals surface area contributed by atoms with Gasteiger partial charge >= 0.3 is 6.18 Å². The molecular formula is C11H8F3NOS. The number of alkyl halides is 3. The number of hydrogen-bond acceptors (Lipinski definition) is 3. The molecule has 0 saturated heterocycles. The minimum absolute atomic E-state index is 0.0616. The Kier molecular flexibility index (Phi) is 3.17. The molecule has 0 aliphatic rings. The van der Waals surface area contributed by atoms with Gasteiger partial charge < -0.3 is 5.11 Å². The molecule has 1 aromatic heterocycles. The van der Waals surface area contributed by atoms with Crippen molar-refractivity contribution in [1.82, 2.24) is 4.98 Å². The molecule has 0 amide bonds. The molecule has 1 heterocycles. The summed E-state index contributed by atoms with van der Waals surface area (Å²) in [5, 5.41) is 9.03. The summed E-state index contributed by atoms with van der Waals surface area (Å²) in [7, 11) is 0. The van der Waals surface area contributed by atoms with E-state index in [0.29, 0.717) is 4.88 Å². The molecular weight excluding hydrogens is 251 g/mol. The van der Waals surface area contributed by atoms with Crippen molar-refractivity contribution in [3.8, 4) is 10.4 Å². The Labute approximate surface area is 99.4 Å². The smallest absolute Gasteiger partial charge is 0.390 e. The monoisotopic (exact) mass is 259 g/mol. The van der Waals surface area contributed by atoms with Crippen LogP contribution in [0.2, 0.25) is 0 Å². The second kappa shape index (κ2) is 4.46. The van der Waals surface area contributed by atoms with E-state index in [2.05, 4.69) is 4.98 Å². The van der Waals surface area contributed by atoms with Crippen LogP contribution in [0, 0.1) is 0 Å². The highest BCUT2D eigenvalue weighted by molar-refractivity contribution is 7.13. The average Bonchev–Trinajstić information content (AvgIpc) is 2.75. The zero-order valence-electron chi connectivity index (χ0n) is 8.53. The number of aliphatic hydroxyl groups is 1. The lowest BCUT2D eigenvalue weighted by molar-refractivity contribution is -0.137. The van der Waals surface area contributed by atoms with Gasteiger partial charge in [-0.15, -0.1) is 11.3 Å². The number of halogens is 3. The van der Waals surface area contributed by atoms with E-state index < -0.39 is 11.7 Å². The summed E-state index contributed by atoms with van der Waals surface area (Å²) in [6.07, 6.45) is -4.41. The first-order valence-electron chi connectivity index (χ1n) is 4.74. The topological polar surface area (TPSA) is 33.1 Å². The van der Waals surface area contributed by atoms with Gasteiger partial charge in [0.25, 0.3) is 0 Å². The molecule has 0 aliphatic carbocycles. The van der Waals surface area contributed by atoms with Gasteiger partial charge in [0.2, 0.25) is 0 Å². The van der Waals surface area contributed by atoms with Crippen LogP contribution in [-0.4, -0.2) is 10.1 Å². The fraction of sp³-hybridized carbons (Fsp3) is 0.182. The number of benzene rings is 1. The third kappa shape index (κ3) is 2.32. The van der Waals surface area contributed by atoms with Crippen LogP contribution in [-0.2, 0) is 12.8 Å². The molecule has 0 radical (unpaired) electrons. The van der Waals surface area contributed by atoms with E-state index in [4.69, 9.17) is 5.11 Å². The maximum Gasteiger partial charge on any atom is 0.417 e. The summed E-state index contributed by atoms with van der Waals surface area (Å²) in [6, 6.07) is 5.28. The zero-order valence-corrected chi connectivity index (χ0v) is 9.35. The maximum atomic E-state index is 12.8. The first-order valence-corrected chi connectivity index (χ1v) is 5.62. The number of rotatable bonds is 2. The number of nitrogens with zero attached hydrogens (tertiary/aromatic N) is 1. The maximum absolute atomic E-state index is 12.8. The Balaban J connectivity index is 2.60. The number of thiazole rings is 1. The van der Waals surface area contributed by atoms with Crippen molar-refractivity contribution in [3.05, 3.63) is 41.0 Å². The summed E-state index contributed by atoms with van der Waals surface area (Å²) < 4.78 is 38.4. The van der Waals surface area contributed by atoms with Gasteiger partial charge in [-0.1, -0.05) is 18.2 Å². The van der Waals surface area contributed by atoms with Crippen LogP contribution in [0.15, 0.2) is 29.8 Å². The van der Waals surface area contributed by atoms with E-state index >= 15 is 0 Å². The summed E-state index contributed by atoms with van der Waals surface area (Å²) in [5.74, 6) is 0. The highest BCUT2D eigenvalue weighted by Gasteiger charge is 2.34. The molecule has 6 heteroatoms. The molecule has 0 spiro atoms. The Hall–Kier alpha value is -1.40. The van der Waals surface area contributed by atoms with Crippen molar-refractivity contribution >= 4 is 11.3 Å².